The number of ether oxygens (including phenoxy) is 1. The fourth-order valence-electron chi connectivity index (χ4n) is 4.92. The van der Waals surface area contributed by atoms with E-state index in [-0.39, 0.29) is 5.82 Å². The van der Waals surface area contributed by atoms with Gasteiger partial charge in [0.1, 0.15) is 11.5 Å². The Morgan fingerprint density at radius 3 is 2.66 bits per heavy atom. The molecular formula is C26H34FN7O. The summed E-state index contributed by atoms with van der Waals surface area (Å²) in [6.45, 7) is 7.47. The molecule has 35 heavy (non-hydrogen) atoms. The Morgan fingerprint density at radius 1 is 1.06 bits per heavy atom. The molecule has 9 heteroatoms. The SMILES string of the molecule is CN1CCC(n2cnc(-c3ccccc3F)c2-c2ccnc(NCCCN3CCOCC3)n2)CC1. The van der Waals surface area contributed by atoms with Crippen molar-refractivity contribution in [3.05, 3.63) is 48.7 Å². The van der Waals surface area contributed by atoms with Crippen LogP contribution in [-0.4, -0.2) is 88.8 Å². The minimum Gasteiger partial charge on any atom is -0.379 e. The van der Waals surface area contributed by atoms with E-state index in [1.807, 2.05) is 18.5 Å². The van der Waals surface area contributed by atoms with E-state index in [2.05, 4.69) is 36.7 Å². The maximum Gasteiger partial charge on any atom is 0.223 e. The Balaban J connectivity index is 1.38. The van der Waals surface area contributed by atoms with Gasteiger partial charge < -0.3 is 19.5 Å². The number of rotatable bonds is 8. The van der Waals surface area contributed by atoms with Crippen LogP contribution in [0.25, 0.3) is 22.6 Å². The molecule has 2 aliphatic heterocycles. The summed E-state index contributed by atoms with van der Waals surface area (Å²) in [6, 6.07) is 9.01. The largest absolute Gasteiger partial charge is 0.379 e. The molecule has 0 bridgehead atoms. The topological polar surface area (TPSA) is 71.3 Å². The molecule has 0 unspecified atom stereocenters. The van der Waals surface area contributed by atoms with Crippen molar-refractivity contribution >= 4 is 5.95 Å². The fourth-order valence-corrected chi connectivity index (χ4v) is 4.92. The number of imidazole rings is 1. The molecule has 1 N–H and O–H groups in total. The summed E-state index contributed by atoms with van der Waals surface area (Å²) in [5.74, 6) is 0.304. The van der Waals surface area contributed by atoms with Crippen molar-refractivity contribution in [1.82, 2.24) is 29.3 Å². The number of nitrogens with zero attached hydrogens (tertiary/aromatic N) is 6. The first-order valence-electron chi connectivity index (χ1n) is 12.6. The highest BCUT2D eigenvalue weighted by atomic mass is 19.1. The van der Waals surface area contributed by atoms with Crippen LogP contribution in [0.15, 0.2) is 42.9 Å². The number of hydrogen-bond donors (Lipinski definition) is 1. The fraction of sp³-hybridized carbons (Fsp3) is 0.500. The second-order valence-electron chi connectivity index (χ2n) is 9.36. The van der Waals surface area contributed by atoms with E-state index >= 15 is 0 Å². The van der Waals surface area contributed by atoms with Gasteiger partial charge in [-0.25, -0.2) is 19.3 Å². The van der Waals surface area contributed by atoms with Crippen molar-refractivity contribution in [3.63, 3.8) is 0 Å². The second kappa shape index (κ2) is 11.2. The number of halogens is 1. The lowest BCUT2D eigenvalue weighted by Gasteiger charge is -2.30. The number of aromatic nitrogens is 4. The summed E-state index contributed by atoms with van der Waals surface area (Å²) in [5.41, 5.74) is 2.72. The predicted octanol–water partition coefficient (Wildman–Crippen LogP) is 3.55. The van der Waals surface area contributed by atoms with Gasteiger partial charge in [-0.1, -0.05) is 12.1 Å². The van der Waals surface area contributed by atoms with Gasteiger partial charge in [-0.15, -0.1) is 0 Å². The first kappa shape index (κ1) is 23.8. The second-order valence-corrected chi connectivity index (χ2v) is 9.36. The normalized spacial score (nSPS) is 18.1. The van der Waals surface area contributed by atoms with Crippen LogP contribution in [0.2, 0.25) is 0 Å². The van der Waals surface area contributed by atoms with E-state index in [9.17, 15) is 4.39 Å². The average Bonchev–Trinajstić information content (AvgIpc) is 3.33. The third-order valence-electron chi connectivity index (χ3n) is 6.94. The number of nitrogens with one attached hydrogen (secondary N) is 1. The quantitative estimate of drug-likeness (QED) is 0.496. The molecule has 2 aromatic heterocycles. The standard InChI is InChI=1S/C26H34FN7O/c1-32-13-8-20(9-14-32)34-19-30-24(21-5-2-3-6-22(21)27)25(34)23-7-11-29-26(31-23)28-10-4-12-33-15-17-35-18-16-33/h2-3,5-7,11,19-20H,4,8-10,12-18H2,1H3,(H,28,29,31). The minimum absolute atomic E-state index is 0.280. The van der Waals surface area contributed by atoms with Gasteiger partial charge in [0.25, 0.3) is 0 Å². The molecule has 2 fully saturated rings. The molecule has 186 valence electrons. The molecule has 4 heterocycles. The number of likely N-dealkylation sites (tertiary alicyclic amines) is 1. The van der Waals surface area contributed by atoms with E-state index in [1.165, 1.54) is 6.07 Å². The van der Waals surface area contributed by atoms with Crippen LogP contribution < -0.4 is 5.32 Å². The van der Waals surface area contributed by atoms with E-state index in [4.69, 9.17) is 9.72 Å². The number of piperidine rings is 1. The van der Waals surface area contributed by atoms with Crippen molar-refractivity contribution in [2.45, 2.75) is 25.3 Å². The van der Waals surface area contributed by atoms with E-state index in [0.717, 1.165) is 83.1 Å². The van der Waals surface area contributed by atoms with Crippen molar-refractivity contribution < 1.29 is 9.13 Å². The molecule has 2 saturated heterocycles. The summed E-state index contributed by atoms with van der Waals surface area (Å²) >= 11 is 0. The molecule has 1 aromatic carbocycles. The van der Waals surface area contributed by atoms with Gasteiger partial charge in [0.05, 0.1) is 30.9 Å². The maximum absolute atomic E-state index is 14.8. The Hall–Kier alpha value is -2.88. The highest BCUT2D eigenvalue weighted by Crippen LogP contribution is 2.36. The maximum atomic E-state index is 14.8. The van der Waals surface area contributed by atoms with Gasteiger partial charge in [-0.2, -0.15) is 0 Å². The van der Waals surface area contributed by atoms with Crippen molar-refractivity contribution in [1.29, 1.82) is 0 Å². The number of anilines is 1. The van der Waals surface area contributed by atoms with Crippen molar-refractivity contribution in [2.75, 3.05) is 64.8 Å². The van der Waals surface area contributed by atoms with Crippen molar-refractivity contribution in [2.24, 2.45) is 0 Å². The lowest BCUT2D eigenvalue weighted by atomic mass is 10.0. The van der Waals surface area contributed by atoms with E-state index in [0.29, 0.717) is 23.2 Å². The molecule has 2 aliphatic rings. The summed E-state index contributed by atoms with van der Waals surface area (Å²) in [4.78, 5) is 18.7. The highest BCUT2D eigenvalue weighted by Gasteiger charge is 2.25. The highest BCUT2D eigenvalue weighted by molar-refractivity contribution is 5.77. The molecular weight excluding hydrogens is 445 g/mol. The molecule has 0 atom stereocenters. The van der Waals surface area contributed by atoms with Crippen LogP contribution in [-0.2, 0) is 4.74 Å². The van der Waals surface area contributed by atoms with Crippen LogP contribution in [0.1, 0.15) is 25.3 Å². The monoisotopic (exact) mass is 479 g/mol. The van der Waals surface area contributed by atoms with Crippen LogP contribution in [0.5, 0.6) is 0 Å². The average molecular weight is 480 g/mol. The zero-order valence-electron chi connectivity index (χ0n) is 20.4. The first-order valence-corrected chi connectivity index (χ1v) is 12.6. The summed E-state index contributed by atoms with van der Waals surface area (Å²) in [6.07, 6.45) is 6.67. The molecule has 0 spiro atoms. The molecule has 5 rings (SSSR count). The Bertz CT molecular complexity index is 1110. The first-order chi connectivity index (χ1) is 17.2. The summed E-state index contributed by atoms with van der Waals surface area (Å²) < 4.78 is 22.4. The van der Waals surface area contributed by atoms with Crippen LogP contribution in [0, 0.1) is 5.82 Å². The lowest BCUT2D eigenvalue weighted by molar-refractivity contribution is 0.0378. The Labute approximate surface area is 206 Å². The number of hydrogen-bond acceptors (Lipinski definition) is 7. The van der Waals surface area contributed by atoms with E-state index in [1.54, 1.807) is 18.3 Å². The van der Waals surface area contributed by atoms with Gasteiger partial charge in [0, 0.05) is 37.4 Å². The zero-order chi connectivity index (χ0) is 24.0. The molecule has 8 nitrogen and oxygen atoms in total. The molecule has 0 saturated carbocycles. The third-order valence-corrected chi connectivity index (χ3v) is 6.94. The molecule has 0 radical (unpaired) electrons. The van der Waals surface area contributed by atoms with Gasteiger partial charge in [-0.3, -0.25) is 4.90 Å². The summed E-state index contributed by atoms with van der Waals surface area (Å²) in [5, 5.41) is 3.37. The predicted molar refractivity (Wildman–Crippen MR) is 135 cm³/mol. The zero-order valence-corrected chi connectivity index (χ0v) is 20.4. The van der Waals surface area contributed by atoms with Crippen LogP contribution in [0.3, 0.4) is 0 Å². The van der Waals surface area contributed by atoms with Gasteiger partial charge in [0.2, 0.25) is 5.95 Å². The van der Waals surface area contributed by atoms with Gasteiger partial charge >= 0.3 is 0 Å². The van der Waals surface area contributed by atoms with Gasteiger partial charge in [-0.05, 0) is 64.1 Å². The number of benzene rings is 1. The Kier molecular flexibility index (Phi) is 7.66. The lowest BCUT2D eigenvalue weighted by Crippen LogP contribution is -2.37. The molecule has 0 amide bonds. The van der Waals surface area contributed by atoms with Crippen LogP contribution in [0.4, 0.5) is 10.3 Å². The molecule has 3 aromatic rings. The number of morpholine rings is 1. The van der Waals surface area contributed by atoms with E-state index < -0.39 is 0 Å². The van der Waals surface area contributed by atoms with Gasteiger partial charge in [0.15, 0.2) is 0 Å². The van der Waals surface area contributed by atoms with Crippen molar-refractivity contribution in [3.8, 4) is 22.6 Å². The summed E-state index contributed by atoms with van der Waals surface area (Å²) in [7, 11) is 2.15. The molecule has 0 aliphatic carbocycles. The minimum atomic E-state index is -0.280. The third kappa shape index (κ3) is 5.69. The Morgan fingerprint density at radius 2 is 1.86 bits per heavy atom. The van der Waals surface area contributed by atoms with Crippen LogP contribution >= 0.6 is 0 Å². The smallest absolute Gasteiger partial charge is 0.223 e.